The van der Waals surface area contributed by atoms with Crippen LogP contribution in [0.1, 0.15) is 12.1 Å². The number of fused-ring (bicyclic) bond motifs is 1. The number of para-hydroxylation sites is 2. The lowest BCUT2D eigenvalue weighted by Crippen LogP contribution is -2.00. The third-order valence-electron chi connectivity index (χ3n) is 2.92. The van der Waals surface area contributed by atoms with E-state index in [2.05, 4.69) is 9.97 Å². The molecule has 0 unspecified atom stereocenters. The van der Waals surface area contributed by atoms with E-state index in [1.807, 2.05) is 6.07 Å². The van der Waals surface area contributed by atoms with Gasteiger partial charge in [0.2, 0.25) is 0 Å². The molecule has 0 saturated carbocycles. The summed E-state index contributed by atoms with van der Waals surface area (Å²) in [6.45, 7) is -2.62. The highest BCUT2D eigenvalue weighted by atomic mass is 35.5. The van der Waals surface area contributed by atoms with Gasteiger partial charge in [0.15, 0.2) is 5.16 Å². The number of imidazole rings is 1. The summed E-state index contributed by atoms with van der Waals surface area (Å²) in [6.07, 6.45) is 1.63. The fourth-order valence-corrected chi connectivity index (χ4v) is 3.01. The van der Waals surface area contributed by atoms with Crippen LogP contribution in [0.15, 0.2) is 47.8 Å². The minimum absolute atomic E-state index is 0.293. The maximum atomic E-state index is 13.2. The zero-order valence-electron chi connectivity index (χ0n) is 10.7. The van der Waals surface area contributed by atoms with Crippen LogP contribution >= 0.6 is 23.4 Å². The van der Waals surface area contributed by atoms with Crippen LogP contribution in [0, 0.1) is 0 Å². The van der Waals surface area contributed by atoms with Gasteiger partial charge in [-0.1, -0.05) is 41.6 Å². The summed E-state index contributed by atoms with van der Waals surface area (Å²) < 4.78 is 27.4. The van der Waals surface area contributed by atoms with Crippen LogP contribution in [0.25, 0.3) is 11.0 Å². The van der Waals surface area contributed by atoms with Gasteiger partial charge in [-0.2, -0.15) is 8.78 Å². The summed E-state index contributed by atoms with van der Waals surface area (Å²) in [5, 5.41) is 0.699. The molecule has 3 aromatic rings. The van der Waals surface area contributed by atoms with E-state index in [1.54, 1.807) is 36.5 Å². The Kier molecular flexibility index (Phi) is 4.07. The molecule has 0 atom stereocenters. The molecule has 2 heterocycles. The van der Waals surface area contributed by atoms with E-state index < -0.39 is 6.55 Å². The second kappa shape index (κ2) is 5.99. The second-order valence-electron chi connectivity index (χ2n) is 4.31. The summed E-state index contributed by atoms with van der Waals surface area (Å²) >= 11 is 6.96. The minimum Gasteiger partial charge on any atom is -0.261 e. The monoisotopic (exact) mass is 325 g/mol. The van der Waals surface area contributed by atoms with Gasteiger partial charge >= 0.3 is 6.55 Å². The van der Waals surface area contributed by atoms with Gasteiger partial charge in [-0.15, -0.1) is 0 Å². The molecule has 0 spiro atoms. The van der Waals surface area contributed by atoms with E-state index in [4.69, 9.17) is 11.6 Å². The van der Waals surface area contributed by atoms with E-state index >= 15 is 0 Å². The van der Waals surface area contributed by atoms with Crippen LogP contribution in [0.5, 0.6) is 0 Å². The fourth-order valence-electron chi connectivity index (χ4n) is 1.95. The number of nitrogens with zero attached hydrogens (tertiary/aromatic N) is 3. The third kappa shape index (κ3) is 3.01. The molecule has 0 saturated heterocycles. The zero-order valence-corrected chi connectivity index (χ0v) is 12.3. The first-order chi connectivity index (χ1) is 10.1. The Morgan fingerprint density at radius 1 is 1.19 bits per heavy atom. The van der Waals surface area contributed by atoms with Crippen molar-refractivity contribution in [2.45, 2.75) is 17.5 Å². The number of pyridine rings is 1. The standard InChI is InChI=1S/C14H10ClF2N3S/c15-12-6-5-9(7-18-12)8-21-14-19-10-3-1-2-4-11(10)20(14)13(16)17/h1-7,13H,8H2. The summed E-state index contributed by atoms with van der Waals surface area (Å²) in [7, 11) is 0. The van der Waals surface area contributed by atoms with Gasteiger partial charge in [-0.25, -0.2) is 9.97 Å². The topological polar surface area (TPSA) is 30.7 Å². The Morgan fingerprint density at radius 2 is 2.00 bits per heavy atom. The first-order valence-corrected chi connectivity index (χ1v) is 7.50. The lowest BCUT2D eigenvalue weighted by atomic mass is 10.3. The summed E-state index contributed by atoms with van der Waals surface area (Å²) in [4.78, 5) is 8.23. The predicted molar refractivity (Wildman–Crippen MR) is 79.8 cm³/mol. The summed E-state index contributed by atoms with van der Waals surface area (Å²) in [5.41, 5.74) is 1.90. The normalized spacial score (nSPS) is 11.4. The number of hydrogen-bond donors (Lipinski definition) is 0. The van der Waals surface area contributed by atoms with E-state index in [1.165, 1.54) is 11.8 Å². The predicted octanol–water partition coefficient (Wildman–Crippen LogP) is 4.77. The van der Waals surface area contributed by atoms with Gasteiger partial charge in [0.25, 0.3) is 0 Å². The van der Waals surface area contributed by atoms with Gasteiger partial charge < -0.3 is 0 Å². The number of rotatable bonds is 4. The molecule has 21 heavy (non-hydrogen) atoms. The highest BCUT2D eigenvalue weighted by Crippen LogP contribution is 2.30. The first kappa shape index (κ1) is 14.3. The fraction of sp³-hybridized carbons (Fsp3) is 0.143. The van der Waals surface area contributed by atoms with Gasteiger partial charge in [-0.05, 0) is 23.8 Å². The van der Waals surface area contributed by atoms with E-state index in [-0.39, 0.29) is 0 Å². The molecule has 108 valence electrons. The molecule has 0 amide bonds. The highest BCUT2D eigenvalue weighted by Gasteiger charge is 2.17. The molecule has 0 aliphatic carbocycles. The van der Waals surface area contributed by atoms with E-state index in [9.17, 15) is 8.78 Å². The average molecular weight is 326 g/mol. The van der Waals surface area contributed by atoms with Gasteiger partial charge in [0.1, 0.15) is 5.15 Å². The van der Waals surface area contributed by atoms with Crippen molar-refractivity contribution in [2.75, 3.05) is 0 Å². The van der Waals surface area contributed by atoms with Crippen molar-refractivity contribution in [3.8, 4) is 0 Å². The summed E-state index contributed by atoms with van der Waals surface area (Å²) in [6, 6.07) is 10.4. The SMILES string of the molecule is FC(F)n1c(SCc2ccc(Cl)nc2)nc2ccccc21. The molecule has 0 radical (unpaired) electrons. The van der Waals surface area contributed by atoms with E-state index in [0.29, 0.717) is 27.1 Å². The second-order valence-corrected chi connectivity index (χ2v) is 5.64. The Labute approximate surface area is 129 Å². The molecule has 3 rings (SSSR count). The Balaban J connectivity index is 1.89. The number of hydrogen-bond acceptors (Lipinski definition) is 3. The smallest absolute Gasteiger partial charge is 0.261 e. The summed E-state index contributed by atoms with van der Waals surface area (Å²) in [5.74, 6) is 0.500. The number of halogens is 3. The van der Waals surface area contributed by atoms with Gasteiger partial charge in [-0.3, -0.25) is 4.57 Å². The number of thioether (sulfide) groups is 1. The zero-order chi connectivity index (χ0) is 14.8. The van der Waals surface area contributed by atoms with Crippen LogP contribution in [0.3, 0.4) is 0 Å². The van der Waals surface area contributed by atoms with E-state index in [0.717, 1.165) is 10.1 Å². The Morgan fingerprint density at radius 3 is 2.71 bits per heavy atom. The molecule has 0 aliphatic rings. The van der Waals surface area contributed by atoms with Crippen molar-refractivity contribution >= 4 is 34.4 Å². The molecule has 0 fully saturated rings. The van der Waals surface area contributed by atoms with Crippen molar-refractivity contribution in [1.29, 1.82) is 0 Å². The molecule has 0 bridgehead atoms. The third-order valence-corrected chi connectivity index (χ3v) is 4.16. The molecule has 0 N–H and O–H groups in total. The molecular formula is C14H10ClF2N3S. The van der Waals surface area contributed by atoms with Crippen molar-refractivity contribution in [2.24, 2.45) is 0 Å². The lowest BCUT2D eigenvalue weighted by molar-refractivity contribution is 0.0656. The van der Waals surface area contributed by atoms with Crippen molar-refractivity contribution in [3.05, 3.63) is 53.3 Å². The molecule has 1 aromatic carbocycles. The number of benzene rings is 1. The van der Waals surface area contributed by atoms with Gasteiger partial charge in [0.05, 0.1) is 11.0 Å². The maximum absolute atomic E-state index is 13.2. The van der Waals surface area contributed by atoms with Crippen molar-refractivity contribution in [3.63, 3.8) is 0 Å². The quantitative estimate of drug-likeness (QED) is 0.511. The van der Waals surface area contributed by atoms with Crippen LogP contribution in [0.2, 0.25) is 5.15 Å². The minimum atomic E-state index is -2.62. The Bertz CT molecular complexity index is 759. The highest BCUT2D eigenvalue weighted by molar-refractivity contribution is 7.98. The van der Waals surface area contributed by atoms with Crippen LogP contribution in [0.4, 0.5) is 8.78 Å². The molecule has 7 heteroatoms. The van der Waals surface area contributed by atoms with Crippen molar-refractivity contribution in [1.82, 2.24) is 14.5 Å². The lowest BCUT2D eigenvalue weighted by Gasteiger charge is -2.07. The molecular weight excluding hydrogens is 316 g/mol. The number of alkyl halides is 2. The average Bonchev–Trinajstić information content (AvgIpc) is 2.85. The largest absolute Gasteiger partial charge is 0.321 e. The molecule has 0 aliphatic heterocycles. The Hall–Kier alpha value is -1.66. The van der Waals surface area contributed by atoms with Crippen LogP contribution < -0.4 is 0 Å². The molecule has 2 aromatic heterocycles. The molecule has 3 nitrogen and oxygen atoms in total. The number of aromatic nitrogens is 3. The van der Waals surface area contributed by atoms with Crippen LogP contribution in [-0.2, 0) is 5.75 Å². The van der Waals surface area contributed by atoms with Crippen molar-refractivity contribution < 1.29 is 8.78 Å². The van der Waals surface area contributed by atoms with Gasteiger partial charge in [0, 0.05) is 11.9 Å². The van der Waals surface area contributed by atoms with Crippen LogP contribution in [-0.4, -0.2) is 14.5 Å². The first-order valence-electron chi connectivity index (χ1n) is 6.13. The maximum Gasteiger partial charge on any atom is 0.321 e.